The average molecular weight is 255 g/mol. The van der Waals surface area contributed by atoms with E-state index in [9.17, 15) is 9.90 Å². The van der Waals surface area contributed by atoms with Gasteiger partial charge in [0.25, 0.3) is 0 Å². The van der Waals surface area contributed by atoms with E-state index in [1.165, 1.54) is 9.75 Å². The molecular weight excluding hydrogens is 234 g/mol. The monoisotopic (exact) mass is 255 g/mol. The number of carboxylic acids is 1. The van der Waals surface area contributed by atoms with Crippen LogP contribution in [0.2, 0.25) is 0 Å². The molecule has 0 saturated heterocycles. The Morgan fingerprint density at radius 1 is 1.41 bits per heavy atom. The second-order valence-corrected chi connectivity index (χ2v) is 5.72. The van der Waals surface area contributed by atoms with Crippen LogP contribution >= 0.6 is 11.3 Å². The molecule has 1 rings (SSSR count). The number of carbonyl (C=O) groups is 1. The summed E-state index contributed by atoms with van der Waals surface area (Å²) in [5.74, 6) is -0.772. The first kappa shape index (κ1) is 14.2. The molecule has 0 saturated carbocycles. The van der Waals surface area contributed by atoms with E-state index in [4.69, 9.17) is 0 Å². The van der Waals surface area contributed by atoms with Gasteiger partial charge in [0.15, 0.2) is 0 Å². The number of hydrogen-bond acceptors (Lipinski definition) is 3. The van der Waals surface area contributed by atoms with Crippen LogP contribution in [0.15, 0.2) is 12.1 Å². The third-order valence-electron chi connectivity index (χ3n) is 2.94. The number of carboxylic acid groups (broad SMARTS) is 1. The molecule has 0 aliphatic heterocycles. The molecule has 3 nitrogen and oxygen atoms in total. The van der Waals surface area contributed by atoms with Gasteiger partial charge in [-0.25, -0.2) is 0 Å². The van der Waals surface area contributed by atoms with Gasteiger partial charge in [0, 0.05) is 16.3 Å². The molecule has 1 aromatic heterocycles. The van der Waals surface area contributed by atoms with Gasteiger partial charge in [-0.3, -0.25) is 10.1 Å². The van der Waals surface area contributed by atoms with Crippen molar-refractivity contribution >= 4 is 17.3 Å². The average Bonchev–Trinajstić information content (AvgIpc) is 2.74. The van der Waals surface area contributed by atoms with Crippen LogP contribution < -0.4 is 5.32 Å². The molecule has 0 aromatic carbocycles. The normalized spacial score (nSPS) is 14.5. The highest BCUT2D eigenvalue weighted by molar-refractivity contribution is 7.11. The Morgan fingerprint density at radius 3 is 2.53 bits per heavy atom. The molecule has 1 aromatic rings. The minimum atomic E-state index is -0.814. The predicted octanol–water partition coefficient (Wildman–Crippen LogP) is 3.04. The van der Waals surface area contributed by atoms with Crippen LogP contribution in [-0.2, 0) is 17.8 Å². The molecule has 0 radical (unpaired) electrons. The minimum Gasteiger partial charge on any atom is -0.480 e. The van der Waals surface area contributed by atoms with E-state index in [0.29, 0.717) is 13.0 Å². The van der Waals surface area contributed by atoms with Gasteiger partial charge in [-0.1, -0.05) is 20.3 Å². The van der Waals surface area contributed by atoms with Crippen molar-refractivity contribution < 1.29 is 9.90 Å². The van der Waals surface area contributed by atoms with Crippen LogP contribution in [0.4, 0.5) is 0 Å². The summed E-state index contributed by atoms with van der Waals surface area (Å²) in [6.45, 7) is 6.52. The maximum atomic E-state index is 11.2. The lowest BCUT2D eigenvalue weighted by Crippen LogP contribution is -2.48. The predicted molar refractivity (Wildman–Crippen MR) is 71.5 cm³/mol. The van der Waals surface area contributed by atoms with Crippen molar-refractivity contribution in [1.82, 2.24) is 5.32 Å². The Labute approximate surface area is 107 Å². The molecule has 1 heterocycles. The quantitative estimate of drug-likeness (QED) is 0.787. The van der Waals surface area contributed by atoms with Crippen LogP contribution in [0, 0.1) is 0 Å². The molecule has 0 aliphatic carbocycles. The van der Waals surface area contributed by atoms with Crippen molar-refractivity contribution in [1.29, 1.82) is 0 Å². The molecule has 4 heteroatoms. The summed E-state index contributed by atoms with van der Waals surface area (Å²) >= 11 is 1.75. The summed E-state index contributed by atoms with van der Waals surface area (Å²) < 4.78 is 0. The van der Waals surface area contributed by atoms with Crippen LogP contribution in [0.3, 0.4) is 0 Å². The van der Waals surface area contributed by atoms with E-state index in [-0.39, 0.29) is 0 Å². The van der Waals surface area contributed by atoms with Crippen molar-refractivity contribution in [2.75, 3.05) is 0 Å². The smallest absolute Gasteiger partial charge is 0.323 e. The molecule has 96 valence electrons. The molecule has 0 aliphatic rings. The van der Waals surface area contributed by atoms with Gasteiger partial charge in [0.1, 0.15) is 5.54 Å². The van der Waals surface area contributed by atoms with Gasteiger partial charge in [0.05, 0.1) is 0 Å². The number of aryl methyl sites for hydroxylation is 1. The highest BCUT2D eigenvalue weighted by Crippen LogP contribution is 2.19. The standard InChI is InChI=1S/C13H21NO2S/c1-4-8-13(3,12(15)16)14-9-11-7-6-10(5-2)17-11/h6-7,14H,4-5,8-9H2,1-3H3,(H,15,16). The zero-order valence-corrected chi connectivity index (χ0v) is 11.6. The van der Waals surface area contributed by atoms with Crippen molar-refractivity contribution in [3.63, 3.8) is 0 Å². The summed E-state index contributed by atoms with van der Waals surface area (Å²) in [7, 11) is 0. The van der Waals surface area contributed by atoms with Crippen LogP contribution in [0.1, 0.15) is 43.4 Å². The van der Waals surface area contributed by atoms with E-state index in [1.807, 2.05) is 6.92 Å². The van der Waals surface area contributed by atoms with E-state index in [0.717, 1.165) is 12.8 Å². The summed E-state index contributed by atoms with van der Waals surface area (Å²) in [4.78, 5) is 13.8. The summed E-state index contributed by atoms with van der Waals surface area (Å²) in [5.41, 5.74) is -0.814. The summed E-state index contributed by atoms with van der Waals surface area (Å²) in [6, 6.07) is 4.18. The third-order valence-corrected chi connectivity index (χ3v) is 4.17. The molecule has 2 N–H and O–H groups in total. The Balaban J connectivity index is 2.60. The van der Waals surface area contributed by atoms with Crippen molar-refractivity contribution in [2.24, 2.45) is 0 Å². The van der Waals surface area contributed by atoms with E-state index in [2.05, 4.69) is 24.4 Å². The van der Waals surface area contributed by atoms with Gasteiger partial charge in [-0.05, 0) is 31.9 Å². The Morgan fingerprint density at radius 2 is 2.06 bits per heavy atom. The van der Waals surface area contributed by atoms with Crippen molar-refractivity contribution in [2.45, 2.75) is 52.1 Å². The van der Waals surface area contributed by atoms with E-state index >= 15 is 0 Å². The Hall–Kier alpha value is -0.870. The lowest BCUT2D eigenvalue weighted by molar-refractivity contribution is -0.144. The second-order valence-electron chi connectivity index (χ2n) is 4.46. The molecule has 17 heavy (non-hydrogen) atoms. The first-order valence-corrected chi connectivity index (χ1v) is 6.89. The third kappa shape index (κ3) is 3.82. The molecule has 0 spiro atoms. The van der Waals surface area contributed by atoms with Crippen molar-refractivity contribution in [3.05, 3.63) is 21.9 Å². The molecule has 0 bridgehead atoms. The maximum Gasteiger partial charge on any atom is 0.323 e. The van der Waals surface area contributed by atoms with Gasteiger partial charge in [-0.15, -0.1) is 11.3 Å². The number of thiophene rings is 1. The fourth-order valence-corrected chi connectivity index (χ4v) is 2.66. The second kappa shape index (κ2) is 6.17. The maximum absolute atomic E-state index is 11.2. The molecular formula is C13H21NO2S. The topological polar surface area (TPSA) is 49.3 Å². The number of aliphatic carboxylic acids is 1. The molecule has 1 atom stereocenters. The summed E-state index contributed by atoms with van der Waals surface area (Å²) in [5, 5.41) is 12.4. The largest absolute Gasteiger partial charge is 0.480 e. The Bertz CT molecular complexity index is 375. The molecule has 0 fully saturated rings. The first-order valence-electron chi connectivity index (χ1n) is 6.08. The van der Waals surface area contributed by atoms with Gasteiger partial charge in [0.2, 0.25) is 0 Å². The van der Waals surface area contributed by atoms with Gasteiger partial charge in [-0.2, -0.15) is 0 Å². The first-order chi connectivity index (χ1) is 8.01. The lowest BCUT2D eigenvalue weighted by Gasteiger charge is -2.25. The number of rotatable bonds is 7. The zero-order valence-electron chi connectivity index (χ0n) is 10.7. The highest BCUT2D eigenvalue weighted by Gasteiger charge is 2.31. The van der Waals surface area contributed by atoms with Gasteiger partial charge < -0.3 is 5.11 Å². The Kier molecular flexibility index (Phi) is 5.15. The zero-order chi connectivity index (χ0) is 12.9. The number of hydrogen-bond donors (Lipinski definition) is 2. The number of nitrogens with one attached hydrogen (secondary N) is 1. The summed E-state index contributed by atoms with van der Waals surface area (Å²) in [6.07, 6.45) is 2.55. The molecule has 1 unspecified atom stereocenters. The van der Waals surface area contributed by atoms with Crippen molar-refractivity contribution in [3.8, 4) is 0 Å². The fraction of sp³-hybridized carbons (Fsp3) is 0.615. The fourth-order valence-electron chi connectivity index (χ4n) is 1.76. The van der Waals surface area contributed by atoms with Crippen LogP contribution in [-0.4, -0.2) is 16.6 Å². The van der Waals surface area contributed by atoms with E-state index < -0.39 is 11.5 Å². The SMILES string of the molecule is CCCC(C)(NCc1ccc(CC)s1)C(=O)O. The van der Waals surface area contributed by atoms with Crippen LogP contribution in [0.25, 0.3) is 0 Å². The van der Waals surface area contributed by atoms with Gasteiger partial charge >= 0.3 is 5.97 Å². The van der Waals surface area contributed by atoms with Crippen LogP contribution in [0.5, 0.6) is 0 Å². The minimum absolute atomic E-state index is 0.632. The highest BCUT2D eigenvalue weighted by atomic mass is 32.1. The molecule has 0 amide bonds. The van der Waals surface area contributed by atoms with E-state index in [1.54, 1.807) is 18.3 Å². The lowest BCUT2D eigenvalue weighted by atomic mass is 9.96.